The number of rotatable bonds is 2. The Balaban J connectivity index is 2.50. The smallest absolute Gasteiger partial charge is 0.365 e. The predicted molar refractivity (Wildman–Crippen MR) is 60.5 cm³/mol. The van der Waals surface area contributed by atoms with Gasteiger partial charge < -0.3 is 8.37 Å². The molecular formula is C11H10O3S. The lowest BCUT2D eigenvalue weighted by atomic mass is 10.2. The van der Waals surface area contributed by atoms with Crippen molar-refractivity contribution in [3.63, 3.8) is 0 Å². The van der Waals surface area contributed by atoms with Gasteiger partial charge in [-0.1, -0.05) is 35.9 Å². The third-order valence-corrected chi connectivity index (χ3v) is 3.78. The molecule has 15 heavy (non-hydrogen) atoms. The second-order valence-corrected chi connectivity index (χ2v) is 5.05. The van der Waals surface area contributed by atoms with Gasteiger partial charge in [0.05, 0.1) is 0 Å². The topological polar surface area (TPSA) is 35.5 Å². The highest BCUT2D eigenvalue weighted by Gasteiger charge is 2.30. The summed E-state index contributed by atoms with van der Waals surface area (Å²) in [7, 11) is -2.16. The maximum atomic E-state index is 11.6. The van der Waals surface area contributed by atoms with E-state index >= 15 is 0 Å². The van der Waals surface area contributed by atoms with Crippen LogP contribution in [0.5, 0.6) is 5.75 Å². The van der Waals surface area contributed by atoms with Crippen molar-refractivity contribution in [1.29, 1.82) is 0 Å². The maximum Gasteiger partial charge on any atom is 0.365 e. The van der Waals surface area contributed by atoms with E-state index in [1.54, 1.807) is 24.3 Å². The van der Waals surface area contributed by atoms with E-state index < -0.39 is 16.6 Å². The molecule has 78 valence electrons. The minimum atomic E-state index is -2.16. The first kappa shape index (κ1) is 9.86. The van der Waals surface area contributed by atoms with E-state index in [0.29, 0.717) is 11.3 Å². The van der Waals surface area contributed by atoms with Gasteiger partial charge in [-0.2, -0.15) is 0 Å². The number of benzene rings is 1. The van der Waals surface area contributed by atoms with Crippen molar-refractivity contribution in [3.05, 3.63) is 53.8 Å². The third-order valence-electron chi connectivity index (χ3n) is 2.00. The molecule has 1 heterocycles. The Hall–Kier alpha value is -1.68. The summed E-state index contributed by atoms with van der Waals surface area (Å²) in [5, 5.41) is 2.96. The van der Waals surface area contributed by atoms with Crippen LogP contribution in [-0.4, -0.2) is 5.97 Å². The minimum absolute atomic E-state index is 0.397. The highest BCUT2D eigenvalue weighted by atomic mass is 32.3. The third kappa shape index (κ3) is 1.53. The van der Waals surface area contributed by atoms with Crippen molar-refractivity contribution >= 4 is 16.6 Å². The summed E-state index contributed by atoms with van der Waals surface area (Å²) in [6.45, 7) is 7.20. The van der Waals surface area contributed by atoms with Crippen LogP contribution in [0.15, 0.2) is 48.2 Å². The number of fused-ring (bicyclic) bond motifs is 1. The average molecular weight is 222 g/mol. The Kier molecular flexibility index (Phi) is 2.28. The van der Waals surface area contributed by atoms with Crippen LogP contribution in [0, 0.1) is 0 Å². The lowest BCUT2D eigenvalue weighted by Crippen LogP contribution is -2.19. The van der Waals surface area contributed by atoms with Crippen LogP contribution in [0.25, 0.3) is 0 Å². The Morgan fingerprint density at radius 3 is 2.47 bits per heavy atom. The van der Waals surface area contributed by atoms with Crippen LogP contribution in [0.1, 0.15) is 10.4 Å². The summed E-state index contributed by atoms with van der Waals surface area (Å²) in [4.78, 5) is 11.6. The van der Waals surface area contributed by atoms with E-state index in [0.717, 1.165) is 0 Å². The van der Waals surface area contributed by atoms with Gasteiger partial charge in [0, 0.05) is 10.8 Å². The van der Waals surface area contributed by atoms with Crippen LogP contribution in [0.2, 0.25) is 0 Å². The largest absolute Gasteiger partial charge is 0.374 e. The Bertz CT molecular complexity index is 431. The summed E-state index contributed by atoms with van der Waals surface area (Å²) in [5.41, 5.74) is 0.435. The zero-order valence-corrected chi connectivity index (χ0v) is 8.83. The van der Waals surface area contributed by atoms with Crippen molar-refractivity contribution in [3.8, 4) is 5.75 Å². The number of carbonyl (C=O) groups excluding carboxylic acids is 1. The fourth-order valence-corrected chi connectivity index (χ4v) is 2.43. The minimum Gasteiger partial charge on any atom is -0.374 e. The van der Waals surface area contributed by atoms with Crippen LogP contribution in [-0.2, 0) is 4.18 Å². The second kappa shape index (κ2) is 3.47. The molecule has 1 aliphatic heterocycles. The molecule has 0 aromatic heterocycles. The normalized spacial score (nSPS) is 19.1. The van der Waals surface area contributed by atoms with Gasteiger partial charge in [-0.05, 0) is 12.1 Å². The number of hydrogen-bond acceptors (Lipinski definition) is 3. The molecule has 2 rings (SSSR count). The van der Waals surface area contributed by atoms with E-state index in [4.69, 9.17) is 8.37 Å². The summed E-state index contributed by atoms with van der Waals surface area (Å²) < 4.78 is 10.8. The monoisotopic (exact) mass is 222 g/mol. The molecule has 0 aliphatic carbocycles. The zero-order chi connectivity index (χ0) is 10.9. The molecule has 0 fully saturated rings. The fraction of sp³-hybridized carbons (Fsp3) is 0. The number of para-hydroxylation sites is 1. The van der Waals surface area contributed by atoms with Gasteiger partial charge in [0.2, 0.25) is 0 Å². The first-order valence-electron chi connectivity index (χ1n) is 4.31. The molecule has 0 N–H and O–H groups in total. The van der Waals surface area contributed by atoms with Gasteiger partial charge in [0.15, 0.2) is 5.75 Å². The predicted octanol–water partition coefficient (Wildman–Crippen LogP) is 3.16. The van der Waals surface area contributed by atoms with E-state index in [1.165, 1.54) is 10.8 Å². The van der Waals surface area contributed by atoms with Gasteiger partial charge >= 0.3 is 5.97 Å². The molecule has 1 aliphatic rings. The fourth-order valence-electron chi connectivity index (χ4n) is 1.23. The van der Waals surface area contributed by atoms with Gasteiger partial charge in [0.25, 0.3) is 0 Å². The van der Waals surface area contributed by atoms with Crippen LogP contribution in [0.3, 0.4) is 0 Å². The van der Waals surface area contributed by atoms with E-state index in [9.17, 15) is 4.79 Å². The first-order valence-corrected chi connectivity index (χ1v) is 5.92. The first-order chi connectivity index (χ1) is 7.21. The molecule has 0 atom stereocenters. The molecule has 0 radical (unpaired) electrons. The highest BCUT2D eigenvalue weighted by Crippen LogP contribution is 2.56. The van der Waals surface area contributed by atoms with Gasteiger partial charge in [-0.3, -0.25) is 0 Å². The number of hydrogen-bond donors (Lipinski definition) is 0. The Morgan fingerprint density at radius 2 is 1.80 bits per heavy atom. The molecule has 0 saturated carbocycles. The molecule has 1 aromatic carbocycles. The SMILES string of the molecule is C=CS1(C=C)OC(=O)c2ccccc2O1. The van der Waals surface area contributed by atoms with Crippen LogP contribution < -0.4 is 4.18 Å². The van der Waals surface area contributed by atoms with Crippen molar-refractivity contribution in [1.82, 2.24) is 0 Å². The molecule has 0 unspecified atom stereocenters. The molecule has 0 bridgehead atoms. The van der Waals surface area contributed by atoms with E-state index in [1.807, 2.05) is 0 Å². The van der Waals surface area contributed by atoms with Gasteiger partial charge in [0.1, 0.15) is 5.56 Å². The van der Waals surface area contributed by atoms with Crippen molar-refractivity contribution in [2.45, 2.75) is 0 Å². The van der Waals surface area contributed by atoms with Crippen LogP contribution in [0.4, 0.5) is 0 Å². The van der Waals surface area contributed by atoms with E-state index in [-0.39, 0.29) is 0 Å². The molecule has 0 spiro atoms. The summed E-state index contributed by atoms with van der Waals surface area (Å²) in [6.07, 6.45) is 0. The van der Waals surface area contributed by atoms with Crippen LogP contribution >= 0.6 is 10.6 Å². The summed E-state index contributed by atoms with van der Waals surface area (Å²) >= 11 is 0. The lowest BCUT2D eigenvalue weighted by molar-refractivity contribution is 0.0734. The van der Waals surface area contributed by atoms with Crippen molar-refractivity contribution < 1.29 is 13.2 Å². The summed E-state index contributed by atoms with van der Waals surface area (Å²) in [5.74, 6) is 0.121. The number of carbonyl (C=O) groups is 1. The highest BCUT2D eigenvalue weighted by molar-refractivity contribution is 8.31. The lowest BCUT2D eigenvalue weighted by Gasteiger charge is -2.39. The molecule has 0 saturated heterocycles. The zero-order valence-electron chi connectivity index (χ0n) is 8.01. The maximum absolute atomic E-state index is 11.6. The van der Waals surface area contributed by atoms with Gasteiger partial charge in [-0.15, -0.1) is 0 Å². The average Bonchev–Trinajstić information content (AvgIpc) is 2.29. The van der Waals surface area contributed by atoms with Gasteiger partial charge in [-0.25, -0.2) is 4.79 Å². The summed E-state index contributed by atoms with van der Waals surface area (Å²) in [6, 6.07) is 6.94. The Labute approximate surface area is 89.7 Å². The molecule has 4 heteroatoms. The molecule has 3 nitrogen and oxygen atoms in total. The Morgan fingerprint density at radius 1 is 1.13 bits per heavy atom. The second-order valence-electron chi connectivity index (χ2n) is 2.87. The standard InChI is InChI=1S/C11H10O3S/c1-3-15(4-2)13-10-8-6-5-7-9(10)11(12)14-15/h3-8H,1-2H2. The molecule has 1 aromatic rings. The van der Waals surface area contributed by atoms with Crippen molar-refractivity contribution in [2.24, 2.45) is 0 Å². The van der Waals surface area contributed by atoms with Crippen molar-refractivity contribution in [2.75, 3.05) is 0 Å². The van der Waals surface area contributed by atoms with E-state index in [2.05, 4.69) is 13.2 Å². The molecule has 0 amide bonds. The quantitative estimate of drug-likeness (QED) is 0.771. The molecular weight excluding hydrogens is 212 g/mol.